The van der Waals surface area contributed by atoms with Crippen molar-refractivity contribution in [2.24, 2.45) is 5.73 Å². The first-order valence-electron chi connectivity index (χ1n) is 10.7. The standard InChI is InChI=1S/C25H21F2N3O2S/c1-32-22-7-4-14(9-19(22)27)24-17(13-2-3-15(12-28)18(26)8-13)11-23(33-24)25(31)30-16-5-6-21(30)20(29)10-16/h2-4,7-9,11,16,20-21H,5-6,10,29H2,1H3/t16-,20+,21+/m0/s1. The van der Waals surface area contributed by atoms with E-state index in [1.54, 1.807) is 18.2 Å². The van der Waals surface area contributed by atoms with Gasteiger partial charge in [-0.1, -0.05) is 6.07 Å². The first-order valence-corrected chi connectivity index (χ1v) is 11.5. The first-order chi connectivity index (χ1) is 15.9. The highest BCUT2D eigenvalue weighted by atomic mass is 32.1. The number of carbonyl (C=O) groups is 1. The van der Waals surface area contributed by atoms with Crippen molar-refractivity contribution >= 4 is 17.2 Å². The number of nitrogens with two attached hydrogens (primary N) is 1. The van der Waals surface area contributed by atoms with Crippen molar-refractivity contribution in [3.8, 4) is 33.4 Å². The molecule has 1 aromatic heterocycles. The number of nitriles is 1. The number of ether oxygens (including phenoxy) is 1. The third-order valence-electron chi connectivity index (χ3n) is 6.58. The van der Waals surface area contributed by atoms with Crippen molar-refractivity contribution in [3.05, 3.63) is 64.5 Å². The largest absolute Gasteiger partial charge is 0.494 e. The zero-order chi connectivity index (χ0) is 23.3. The van der Waals surface area contributed by atoms with E-state index in [2.05, 4.69) is 0 Å². The maximum absolute atomic E-state index is 14.5. The minimum Gasteiger partial charge on any atom is -0.494 e. The summed E-state index contributed by atoms with van der Waals surface area (Å²) in [6.45, 7) is 0. The highest BCUT2D eigenvalue weighted by molar-refractivity contribution is 7.18. The minimum absolute atomic E-state index is 0.0186. The Bertz CT molecular complexity index is 1300. The van der Waals surface area contributed by atoms with Crippen LogP contribution in [0.5, 0.6) is 5.75 Å². The molecular weight excluding hydrogens is 444 g/mol. The summed E-state index contributed by atoms with van der Waals surface area (Å²) in [7, 11) is 1.39. The lowest BCUT2D eigenvalue weighted by Gasteiger charge is -2.22. The Kier molecular flexibility index (Phi) is 5.39. The van der Waals surface area contributed by atoms with Gasteiger partial charge in [0, 0.05) is 28.6 Å². The second-order valence-corrected chi connectivity index (χ2v) is 9.47. The average Bonchev–Trinajstić information content (AvgIpc) is 3.51. The molecular formula is C25H21F2N3O2S. The van der Waals surface area contributed by atoms with E-state index in [-0.39, 0.29) is 35.3 Å². The van der Waals surface area contributed by atoms with Crippen LogP contribution >= 0.6 is 11.3 Å². The second-order valence-electron chi connectivity index (χ2n) is 8.42. The molecule has 2 fully saturated rings. The molecule has 0 saturated carbocycles. The fourth-order valence-electron chi connectivity index (χ4n) is 4.99. The van der Waals surface area contributed by atoms with E-state index >= 15 is 0 Å². The van der Waals surface area contributed by atoms with Crippen LogP contribution in [0.3, 0.4) is 0 Å². The molecule has 0 aliphatic carbocycles. The number of thiophene rings is 1. The van der Waals surface area contributed by atoms with E-state index in [9.17, 15) is 13.6 Å². The summed E-state index contributed by atoms with van der Waals surface area (Å²) < 4.78 is 33.9. The van der Waals surface area contributed by atoms with Crippen molar-refractivity contribution in [2.75, 3.05) is 7.11 Å². The normalized spacial score (nSPS) is 21.3. The number of halogens is 2. The summed E-state index contributed by atoms with van der Waals surface area (Å²) in [5.41, 5.74) is 7.82. The lowest BCUT2D eigenvalue weighted by molar-refractivity contribution is 0.0731. The van der Waals surface area contributed by atoms with Gasteiger partial charge in [-0.15, -0.1) is 11.3 Å². The summed E-state index contributed by atoms with van der Waals surface area (Å²) in [5.74, 6) is -1.17. The van der Waals surface area contributed by atoms with Crippen molar-refractivity contribution in [1.82, 2.24) is 4.90 Å². The number of amides is 1. The monoisotopic (exact) mass is 465 g/mol. The summed E-state index contributed by atoms with van der Waals surface area (Å²) in [6.07, 6.45) is 2.64. The Labute approximate surface area is 194 Å². The minimum atomic E-state index is -0.649. The summed E-state index contributed by atoms with van der Waals surface area (Å²) >= 11 is 1.25. The predicted octanol–water partition coefficient (Wildman–Crippen LogP) is 4.94. The molecule has 0 radical (unpaired) electrons. The fourth-order valence-corrected chi connectivity index (χ4v) is 6.11. The third kappa shape index (κ3) is 3.58. The highest BCUT2D eigenvalue weighted by Gasteiger charge is 2.47. The SMILES string of the molecule is COc1ccc(-c2sc(C(=O)N3[C@H]4CC[C@@H]3[C@H](N)C4)cc2-c2ccc(C#N)c(F)c2)cc1F. The number of fused-ring (bicyclic) bond motifs is 2. The van der Waals surface area contributed by atoms with Gasteiger partial charge >= 0.3 is 0 Å². The van der Waals surface area contributed by atoms with Crippen molar-refractivity contribution in [2.45, 2.75) is 37.4 Å². The topological polar surface area (TPSA) is 79.3 Å². The van der Waals surface area contributed by atoms with Gasteiger partial charge in [-0.2, -0.15) is 5.26 Å². The number of carbonyl (C=O) groups excluding carboxylic acids is 1. The van der Waals surface area contributed by atoms with Crippen molar-refractivity contribution < 1.29 is 18.3 Å². The Morgan fingerprint density at radius 1 is 1.15 bits per heavy atom. The zero-order valence-electron chi connectivity index (χ0n) is 17.8. The summed E-state index contributed by atoms with van der Waals surface area (Å²) in [4.78, 5) is 16.5. The van der Waals surface area contributed by atoms with Crippen LogP contribution < -0.4 is 10.5 Å². The van der Waals surface area contributed by atoms with Gasteiger partial charge in [-0.25, -0.2) is 8.78 Å². The molecule has 2 aromatic carbocycles. The Balaban J connectivity index is 1.62. The van der Waals surface area contributed by atoms with E-state index < -0.39 is 11.6 Å². The molecule has 3 atom stereocenters. The maximum atomic E-state index is 14.5. The van der Waals surface area contributed by atoms with Gasteiger partial charge in [-0.05, 0) is 66.8 Å². The number of hydrogen-bond donors (Lipinski definition) is 1. The Morgan fingerprint density at radius 3 is 2.52 bits per heavy atom. The van der Waals surface area contributed by atoms with Crippen LogP contribution in [0.1, 0.15) is 34.5 Å². The van der Waals surface area contributed by atoms with E-state index in [0.717, 1.165) is 19.3 Å². The number of benzene rings is 2. The van der Waals surface area contributed by atoms with Crippen LogP contribution in [-0.4, -0.2) is 36.0 Å². The molecule has 0 spiro atoms. The third-order valence-corrected chi connectivity index (χ3v) is 7.75. The molecule has 5 nitrogen and oxygen atoms in total. The van der Waals surface area contributed by atoms with Crippen molar-refractivity contribution in [3.63, 3.8) is 0 Å². The summed E-state index contributed by atoms with van der Waals surface area (Å²) in [5, 5.41) is 9.07. The smallest absolute Gasteiger partial charge is 0.264 e. The van der Waals surface area contributed by atoms with Gasteiger partial charge in [0.2, 0.25) is 0 Å². The molecule has 0 unspecified atom stereocenters. The first kappa shape index (κ1) is 21.6. The number of rotatable bonds is 4. The average molecular weight is 466 g/mol. The number of hydrogen-bond acceptors (Lipinski definition) is 5. The highest BCUT2D eigenvalue weighted by Crippen LogP contribution is 2.44. The van der Waals surface area contributed by atoms with Crippen LogP contribution in [0.4, 0.5) is 8.78 Å². The van der Waals surface area contributed by atoms with Gasteiger partial charge in [-0.3, -0.25) is 4.79 Å². The predicted molar refractivity (Wildman–Crippen MR) is 122 cm³/mol. The molecule has 33 heavy (non-hydrogen) atoms. The molecule has 5 rings (SSSR count). The molecule has 2 bridgehead atoms. The van der Waals surface area contributed by atoms with Crippen LogP contribution in [0.2, 0.25) is 0 Å². The molecule has 2 aliphatic rings. The van der Waals surface area contributed by atoms with E-state index in [1.165, 1.54) is 42.7 Å². The van der Waals surface area contributed by atoms with Gasteiger partial charge in [0.25, 0.3) is 5.91 Å². The second kappa shape index (κ2) is 8.25. The summed E-state index contributed by atoms with van der Waals surface area (Å²) in [6, 6.07) is 12.6. The maximum Gasteiger partial charge on any atom is 0.264 e. The van der Waals surface area contributed by atoms with Crippen LogP contribution in [0, 0.1) is 23.0 Å². The van der Waals surface area contributed by atoms with Gasteiger partial charge in [0.15, 0.2) is 11.6 Å². The molecule has 168 valence electrons. The lowest BCUT2D eigenvalue weighted by atomic mass is 9.97. The van der Waals surface area contributed by atoms with Crippen LogP contribution in [0.15, 0.2) is 42.5 Å². The molecule has 2 N–H and O–H groups in total. The van der Waals surface area contributed by atoms with E-state index in [1.807, 2.05) is 11.0 Å². The molecule has 3 heterocycles. The van der Waals surface area contributed by atoms with Crippen LogP contribution in [0.25, 0.3) is 21.6 Å². The van der Waals surface area contributed by atoms with E-state index in [4.69, 9.17) is 15.7 Å². The molecule has 8 heteroatoms. The Morgan fingerprint density at radius 2 is 1.91 bits per heavy atom. The van der Waals surface area contributed by atoms with E-state index in [0.29, 0.717) is 26.4 Å². The van der Waals surface area contributed by atoms with Gasteiger partial charge in [0.1, 0.15) is 11.9 Å². The van der Waals surface area contributed by atoms with Gasteiger partial charge in [0.05, 0.1) is 17.6 Å². The van der Waals surface area contributed by atoms with Crippen molar-refractivity contribution in [1.29, 1.82) is 5.26 Å². The zero-order valence-corrected chi connectivity index (χ0v) is 18.7. The molecule has 2 saturated heterocycles. The number of nitrogens with zero attached hydrogens (tertiary/aromatic N) is 2. The quantitative estimate of drug-likeness (QED) is 0.592. The lowest BCUT2D eigenvalue weighted by Crippen LogP contribution is -2.40. The molecule has 1 amide bonds. The molecule has 2 aliphatic heterocycles. The fraction of sp³-hybridized carbons (Fsp3) is 0.280. The van der Waals surface area contributed by atoms with Crippen LogP contribution in [-0.2, 0) is 0 Å². The van der Waals surface area contributed by atoms with Gasteiger partial charge < -0.3 is 15.4 Å². The molecule has 3 aromatic rings. The number of methoxy groups -OCH3 is 1. The Hall–Kier alpha value is -3.28.